The number of rotatable bonds is 8. The molecular weight excluding hydrogens is 314 g/mol. The number of Topliss-reactive ketones (excluding diaryl/α,β-unsaturated/α-hetero) is 1. The van der Waals surface area contributed by atoms with Crippen LogP contribution in [0.5, 0.6) is 0 Å². The lowest BCUT2D eigenvalue weighted by atomic mass is 9.97. The standard InChI is InChI=1S/C21H25NO3/c1-16(2)13-19(14-20(23)18-11-7-4-8-12-18)22-21(24)25-15-17-9-5-3-6-10-17/h3-12,16,19H,13-15H2,1-2H3,(H,22,24). The summed E-state index contributed by atoms with van der Waals surface area (Å²) in [6.07, 6.45) is 0.497. The van der Waals surface area contributed by atoms with Crippen molar-refractivity contribution in [3.63, 3.8) is 0 Å². The van der Waals surface area contributed by atoms with Gasteiger partial charge in [-0.2, -0.15) is 0 Å². The highest BCUT2D eigenvalue weighted by molar-refractivity contribution is 5.96. The molecule has 0 heterocycles. The molecule has 0 aliphatic rings. The fourth-order valence-corrected chi connectivity index (χ4v) is 2.66. The molecule has 0 bridgehead atoms. The van der Waals surface area contributed by atoms with Crippen LogP contribution in [0.25, 0.3) is 0 Å². The number of hydrogen-bond acceptors (Lipinski definition) is 3. The first-order valence-electron chi connectivity index (χ1n) is 8.60. The molecule has 25 heavy (non-hydrogen) atoms. The van der Waals surface area contributed by atoms with E-state index in [4.69, 9.17) is 4.74 Å². The largest absolute Gasteiger partial charge is 0.445 e. The number of ether oxygens (including phenoxy) is 1. The van der Waals surface area contributed by atoms with Crippen LogP contribution in [-0.2, 0) is 11.3 Å². The van der Waals surface area contributed by atoms with Crippen LogP contribution in [0.3, 0.4) is 0 Å². The molecule has 0 fully saturated rings. The number of nitrogens with one attached hydrogen (secondary N) is 1. The molecule has 0 aliphatic carbocycles. The summed E-state index contributed by atoms with van der Waals surface area (Å²) in [5.74, 6) is 0.387. The number of alkyl carbamates (subject to hydrolysis) is 1. The topological polar surface area (TPSA) is 55.4 Å². The number of hydrogen-bond donors (Lipinski definition) is 1. The summed E-state index contributed by atoms with van der Waals surface area (Å²) in [7, 11) is 0. The van der Waals surface area contributed by atoms with Gasteiger partial charge in [0.1, 0.15) is 6.61 Å². The highest BCUT2D eigenvalue weighted by Gasteiger charge is 2.19. The molecular formula is C21H25NO3. The molecule has 0 saturated carbocycles. The molecule has 4 heteroatoms. The lowest BCUT2D eigenvalue weighted by Gasteiger charge is -2.20. The molecule has 0 aromatic heterocycles. The minimum atomic E-state index is -0.490. The summed E-state index contributed by atoms with van der Waals surface area (Å²) in [6.45, 7) is 4.35. The number of carbonyl (C=O) groups is 2. The minimum absolute atomic E-state index is 0.0228. The molecule has 2 aromatic rings. The van der Waals surface area contributed by atoms with Gasteiger partial charge in [0.05, 0.1) is 0 Å². The van der Waals surface area contributed by atoms with Crippen LogP contribution < -0.4 is 5.32 Å². The molecule has 2 aromatic carbocycles. The van der Waals surface area contributed by atoms with Crippen LogP contribution in [0.1, 0.15) is 42.6 Å². The molecule has 1 atom stereocenters. The van der Waals surface area contributed by atoms with Crippen LogP contribution in [0.15, 0.2) is 60.7 Å². The summed E-state index contributed by atoms with van der Waals surface area (Å²) >= 11 is 0. The third kappa shape index (κ3) is 6.79. The van der Waals surface area contributed by atoms with Crippen LogP contribution in [-0.4, -0.2) is 17.9 Å². The summed E-state index contributed by atoms with van der Waals surface area (Å²) < 4.78 is 5.27. The fraction of sp³-hybridized carbons (Fsp3) is 0.333. The smallest absolute Gasteiger partial charge is 0.407 e. The van der Waals surface area contributed by atoms with Crippen molar-refractivity contribution in [3.05, 3.63) is 71.8 Å². The average Bonchev–Trinajstić information content (AvgIpc) is 2.61. The maximum absolute atomic E-state index is 12.4. The van der Waals surface area contributed by atoms with Gasteiger partial charge in [-0.15, -0.1) is 0 Å². The lowest BCUT2D eigenvalue weighted by molar-refractivity contribution is 0.0958. The Balaban J connectivity index is 1.90. The fourth-order valence-electron chi connectivity index (χ4n) is 2.66. The van der Waals surface area contributed by atoms with Crippen LogP contribution in [0.4, 0.5) is 4.79 Å². The second-order valence-electron chi connectivity index (χ2n) is 6.53. The Morgan fingerprint density at radius 1 is 0.960 bits per heavy atom. The SMILES string of the molecule is CC(C)CC(CC(=O)c1ccccc1)NC(=O)OCc1ccccc1. The molecule has 0 radical (unpaired) electrons. The third-order valence-corrected chi connectivity index (χ3v) is 3.82. The number of ketones is 1. The van der Waals surface area contributed by atoms with Gasteiger partial charge in [-0.05, 0) is 17.9 Å². The highest BCUT2D eigenvalue weighted by Crippen LogP contribution is 2.13. The van der Waals surface area contributed by atoms with Gasteiger partial charge in [-0.3, -0.25) is 4.79 Å². The van der Waals surface area contributed by atoms with Crippen molar-refractivity contribution in [2.45, 2.75) is 39.3 Å². The zero-order valence-electron chi connectivity index (χ0n) is 14.8. The van der Waals surface area contributed by atoms with E-state index in [-0.39, 0.29) is 24.9 Å². The van der Waals surface area contributed by atoms with Gasteiger partial charge in [-0.1, -0.05) is 74.5 Å². The Labute approximate surface area is 149 Å². The van der Waals surface area contributed by atoms with Crippen molar-refractivity contribution in [2.75, 3.05) is 0 Å². The Morgan fingerprint density at radius 3 is 2.16 bits per heavy atom. The normalized spacial score (nSPS) is 11.8. The first-order chi connectivity index (χ1) is 12.0. The van der Waals surface area contributed by atoms with Gasteiger partial charge in [0.15, 0.2) is 5.78 Å². The molecule has 1 amide bonds. The summed E-state index contributed by atoms with van der Waals surface area (Å²) in [6, 6.07) is 18.4. The van der Waals surface area contributed by atoms with Gasteiger partial charge < -0.3 is 10.1 Å². The van der Waals surface area contributed by atoms with Crippen molar-refractivity contribution in [3.8, 4) is 0 Å². The van der Waals surface area contributed by atoms with E-state index in [0.717, 1.165) is 12.0 Å². The van der Waals surface area contributed by atoms with E-state index >= 15 is 0 Å². The molecule has 1 N–H and O–H groups in total. The molecule has 132 valence electrons. The number of amides is 1. The van der Waals surface area contributed by atoms with Crippen molar-refractivity contribution >= 4 is 11.9 Å². The molecule has 4 nitrogen and oxygen atoms in total. The second kappa shape index (κ2) is 9.62. The maximum Gasteiger partial charge on any atom is 0.407 e. The minimum Gasteiger partial charge on any atom is -0.445 e. The van der Waals surface area contributed by atoms with E-state index in [1.165, 1.54) is 0 Å². The summed E-state index contributed by atoms with van der Waals surface area (Å²) in [4.78, 5) is 24.5. The van der Waals surface area contributed by atoms with Gasteiger partial charge in [0.25, 0.3) is 0 Å². The van der Waals surface area contributed by atoms with Crippen LogP contribution in [0, 0.1) is 5.92 Å². The maximum atomic E-state index is 12.4. The molecule has 2 rings (SSSR count). The van der Waals surface area contributed by atoms with Crippen molar-refractivity contribution < 1.29 is 14.3 Å². The zero-order valence-corrected chi connectivity index (χ0v) is 14.8. The predicted octanol–water partition coefficient (Wildman–Crippen LogP) is 4.60. The van der Waals surface area contributed by atoms with Crippen molar-refractivity contribution in [2.24, 2.45) is 5.92 Å². The quantitative estimate of drug-likeness (QED) is 0.715. The Hall–Kier alpha value is -2.62. The van der Waals surface area contributed by atoms with Gasteiger partial charge in [0.2, 0.25) is 0 Å². The first kappa shape index (κ1) is 18.7. The molecule has 0 aliphatic heterocycles. The number of benzene rings is 2. The van der Waals surface area contributed by atoms with Gasteiger partial charge in [0, 0.05) is 18.0 Å². The Kier molecular flexibility index (Phi) is 7.20. The van der Waals surface area contributed by atoms with Crippen LogP contribution >= 0.6 is 0 Å². The van der Waals surface area contributed by atoms with Gasteiger partial charge in [-0.25, -0.2) is 4.79 Å². The predicted molar refractivity (Wildman–Crippen MR) is 98.4 cm³/mol. The van der Waals surface area contributed by atoms with Crippen LogP contribution in [0.2, 0.25) is 0 Å². The Morgan fingerprint density at radius 2 is 1.56 bits per heavy atom. The second-order valence-corrected chi connectivity index (χ2v) is 6.53. The van der Waals surface area contributed by atoms with E-state index in [9.17, 15) is 9.59 Å². The van der Waals surface area contributed by atoms with E-state index in [1.54, 1.807) is 12.1 Å². The average molecular weight is 339 g/mol. The summed E-state index contributed by atoms with van der Waals surface area (Å²) in [5.41, 5.74) is 1.59. The van der Waals surface area contributed by atoms with Crippen molar-refractivity contribution in [1.29, 1.82) is 0 Å². The Bertz CT molecular complexity index is 668. The first-order valence-corrected chi connectivity index (χ1v) is 8.60. The number of carbonyl (C=O) groups excluding carboxylic acids is 2. The van der Waals surface area contributed by atoms with E-state index in [2.05, 4.69) is 19.2 Å². The van der Waals surface area contributed by atoms with Crippen molar-refractivity contribution in [1.82, 2.24) is 5.32 Å². The van der Waals surface area contributed by atoms with E-state index in [0.29, 0.717) is 11.5 Å². The van der Waals surface area contributed by atoms with E-state index in [1.807, 2.05) is 48.5 Å². The summed E-state index contributed by atoms with van der Waals surface area (Å²) in [5, 5.41) is 2.84. The zero-order chi connectivity index (χ0) is 18.1. The molecule has 0 saturated heterocycles. The monoisotopic (exact) mass is 339 g/mol. The molecule has 1 unspecified atom stereocenters. The van der Waals surface area contributed by atoms with E-state index < -0.39 is 6.09 Å². The third-order valence-electron chi connectivity index (χ3n) is 3.82. The highest BCUT2D eigenvalue weighted by atomic mass is 16.5. The molecule has 0 spiro atoms. The lowest BCUT2D eigenvalue weighted by Crippen LogP contribution is -2.37. The van der Waals surface area contributed by atoms with Gasteiger partial charge >= 0.3 is 6.09 Å².